The number of carbonyl (C=O) groups is 1. The summed E-state index contributed by atoms with van der Waals surface area (Å²) in [7, 11) is 3.43. The van der Waals surface area contributed by atoms with Gasteiger partial charge in [0.25, 0.3) is 0 Å². The first-order valence-electron chi connectivity index (χ1n) is 4.45. The molecule has 1 N–H and O–H groups in total. The predicted molar refractivity (Wildman–Crippen MR) is 61.2 cm³/mol. The quantitative estimate of drug-likeness (QED) is 0.553. The highest BCUT2D eigenvalue weighted by molar-refractivity contribution is 8.77. The van der Waals surface area contributed by atoms with E-state index in [1.807, 2.05) is 13.8 Å². The molecule has 0 saturated carbocycles. The van der Waals surface area contributed by atoms with Gasteiger partial charge in [-0.25, -0.2) is 0 Å². The van der Waals surface area contributed by atoms with Crippen molar-refractivity contribution in [1.82, 2.24) is 0 Å². The molecule has 0 aliphatic carbocycles. The molecule has 0 aliphatic rings. The average Bonchev–Trinajstić information content (AvgIpc) is 2.03. The van der Waals surface area contributed by atoms with Crippen LogP contribution in [0, 0.1) is 5.92 Å². The van der Waals surface area contributed by atoms with Crippen molar-refractivity contribution >= 4 is 27.6 Å². The first-order chi connectivity index (χ1) is 5.91. The van der Waals surface area contributed by atoms with Crippen molar-refractivity contribution in [1.29, 1.82) is 0 Å². The molecule has 0 rings (SSSR count). The number of hydrogen-bond acceptors (Lipinski definition) is 3. The standard InChI is InChI=1S/C9H18O2S2/c1-5-6-12-13-9(3,4)7(2)8(10)11/h7H,5-6H2,1-4H3,(H,10,11)/t7-/m0/s1. The Bertz CT molecular complexity index is 169. The van der Waals surface area contributed by atoms with Crippen LogP contribution in [-0.4, -0.2) is 21.6 Å². The van der Waals surface area contributed by atoms with Gasteiger partial charge in [-0.05, 0) is 20.3 Å². The molecule has 0 aromatic carbocycles. The molecule has 0 bridgehead atoms. The molecule has 4 heteroatoms. The van der Waals surface area contributed by atoms with Crippen LogP contribution in [0.1, 0.15) is 34.1 Å². The lowest BCUT2D eigenvalue weighted by molar-refractivity contribution is -0.141. The minimum Gasteiger partial charge on any atom is -0.481 e. The van der Waals surface area contributed by atoms with Crippen molar-refractivity contribution in [2.24, 2.45) is 5.92 Å². The lowest BCUT2D eigenvalue weighted by Gasteiger charge is -2.27. The minimum atomic E-state index is -0.713. The van der Waals surface area contributed by atoms with Gasteiger partial charge in [0.15, 0.2) is 0 Å². The number of carboxylic acid groups (broad SMARTS) is 1. The summed E-state index contributed by atoms with van der Waals surface area (Å²) < 4.78 is -0.189. The third-order valence-electron chi connectivity index (χ3n) is 1.97. The summed E-state index contributed by atoms with van der Waals surface area (Å²) in [6.07, 6.45) is 1.13. The molecule has 13 heavy (non-hydrogen) atoms. The number of aliphatic carboxylic acids is 1. The van der Waals surface area contributed by atoms with Crippen molar-refractivity contribution in [2.45, 2.75) is 38.9 Å². The smallest absolute Gasteiger partial charge is 0.307 e. The van der Waals surface area contributed by atoms with Crippen LogP contribution >= 0.6 is 21.6 Å². The summed E-state index contributed by atoms with van der Waals surface area (Å²) in [6, 6.07) is 0. The molecule has 0 spiro atoms. The summed E-state index contributed by atoms with van der Waals surface area (Å²) in [6.45, 7) is 7.86. The fourth-order valence-corrected chi connectivity index (χ4v) is 3.54. The Kier molecular flexibility index (Phi) is 5.88. The Morgan fingerprint density at radius 1 is 1.54 bits per heavy atom. The molecule has 78 valence electrons. The molecule has 0 fully saturated rings. The van der Waals surface area contributed by atoms with E-state index in [9.17, 15) is 4.79 Å². The summed E-state index contributed by atoms with van der Waals surface area (Å²) in [5.74, 6) is 0.0666. The second-order valence-electron chi connectivity index (χ2n) is 3.57. The van der Waals surface area contributed by atoms with Gasteiger partial charge in [-0.1, -0.05) is 35.4 Å². The molecule has 2 nitrogen and oxygen atoms in total. The Hall–Kier alpha value is 0.170. The van der Waals surface area contributed by atoms with Crippen molar-refractivity contribution in [3.05, 3.63) is 0 Å². The maximum Gasteiger partial charge on any atom is 0.307 e. The maximum atomic E-state index is 10.8. The molecular weight excluding hydrogens is 204 g/mol. The predicted octanol–water partition coefficient (Wildman–Crippen LogP) is 3.28. The van der Waals surface area contributed by atoms with Crippen LogP contribution in [0.25, 0.3) is 0 Å². The van der Waals surface area contributed by atoms with E-state index in [1.165, 1.54) is 0 Å². The van der Waals surface area contributed by atoms with Crippen LogP contribution in [0.4, 0.5) is 0 Å². The zero-order valence-corrected chi connectivity index (χ0v) is 10.3. The Morgan fingerprint density at radius 2 is 2.08 bits per heavy atom. The molecule has 1 atom stereocenters. The van der Waals surface area contributed by atoms with E-state index < -0.39 is 5.97 Å². The van der Waals surface area contributed by atoms with Crippen LogP contribution in [-0.2, 0) is 4.79 Å². The zero-order valence-electron chi connectivity index (χ0n) is 8.66. The van der Waals surface area contributed by atoms with Crippen LogP contribution in [0.2, 0.25) is 0 Å². The fourth-order valence-electron chi connectivity index (χ4n) is 0.646. The highest BCUT2D eigenvalue weighted by Gasteiger charge is 2.31. The van der Waals surface area contributed by atoms with E-state index in [2.05, 4.69) is 6.92 Å². The fraction of sp³-hybridized carbons (Fsp3) is 0.889. The first kappa shape index (κ1) is 13.2. The van der Waals surface area contributed by atoms with Crippen molar-refractivity contribution in [3.8, 4) is 0 Å². The SMILES string of the molecule is CCCSSC(C)(C)[C@@H](C)C(=O)O. The second-order valence-corrected chi connectivity index (χ2v) is 6.64. The third-order valence-corrected chi connectivity index (χ3v) is 5.59. The van der Waals surface area contributed by atoms with E-state index in [4.69, 9.17) is 5.11 Å². The molecule has 0 aromatic heterocycles. The Morgan fingerprint density at radius 3 is 2.46 bits per heavy atom. The van der Waals surface area contributed by atoms with Gasteiger partial charge in [-0.15, -0.1) is 0 Å². The number of hydrogen-bond donors (Lipinski definition) is 1. The third kappa shape index (κ3) is 4.81. The summed E-state index contributed by atoms with van der Waals surface area (Å²) in [5, 5.41) is 8.85. The molecule has 0 aromatic rings. The van der Waals surface area contributed by atoms with Gasteiger partial charge in [-0.3, -0.25) is 4.79 Å². The number of rotatable bonds is 6. The topological polar surface area (TPSA) is 37.3 Å². The number of carboxylic acids is 1. The van der Waals surface area contributed by atoms with Gasteiger partial charge in [-0.2, -0.15) is 0 Å². The van der Waals surface area contributed by atoms with Crippen molar-refractivity contribution in [3.63, 3.8) is 0 Å². The van der Waals surface area contributed by atoms with Crippen LogP contribution in [0.5, 0.6) is 0 Å². The van der Waals surface area contributed by atoms with Crippen LogP contribution in [0.15, 0.2) is 0 Å². The molecule has 0 amide bonds. The van der Waals surface area contributed by atoms with Crippen LogP contribution < -0.4 is 0 Å². The zero-order chi connectivity index (χ0) is 10.5. The van der Waals surface area contributed by atoms with E-state index in [1.54, 1.807) is 28.5 Å². The van der Waals surface area contributed by atoms with Crippen molar-refractivity contribution in [2.75, 3.05) is 5.75 Å². The Labute approximate surface area is 88.3 Å². The molecule has 0 aliphatic heterocycles. The average molecular weight is 222 g/mol. The van der Waals surface area contributed by atoms with Gasteiger partial charge in [0.1, 0.15) is 0 Å². The Balaban J connectivity index is 3.98. The van der Waals surface area contributed by atoms with Crippen molar-refractivity contribution < 1.29 is 9.90 Å². The lowest BCUT2D eigenvalue weighted by Crippen LogP contribution is -2.30. The summed E-state index contributed by atoms with van der Waals surface area (Å²) >= 11 is 0. The molecule has 0 radical (unpaired) electrons. The molecule has 0 heterocycles. The highest BCUT2D eigenvalue weighted by Crippen LogP contribution is 2.40. The second kappa shape index (κ2) is 5.81. The van der Waals surface area contributed by atoms with Gasteiger partial charge in [0, 0.05) is 10.5 Å². The van der Waals surface area contributed by atoms with E-state index in [0.29, 0.717) is 0 Å². The highest BCUT2D eigenvalue weighted by atomic mass is 33.1. The normalized spacial score (nSPS) is 14.2. The van der Waals surface area contributed by atoms with E-state index >= 15 is 0 Å². The largest absolute Gasteiger partial charge is 0.481 e. The first-order valence-corrected chi connectivity index (χ1v) is 6.77. The summed E-state index contributed by atoms with van der Waals surface area (Å²) in [4.78, 5) is 10.8. The monoisotopic (exact) mass is 222 g/mol. The van der Waals surface area contributed by atoms with Gasteiger partial charge in [0.05, 0.1) is 5.92 Å². The lowest BCUT2D eigenvalue weighted by atomic mass is 9.97. The van der Waals surface area contributed by atoms with Gasteiger partial charge < -0.3 is 5.11 Å². The van der Waals surface area contributed by atoms with Crippen LogP contribution in [0.3, 0.4) is 0 Å². The molecule has 0 unspecified atom stereocenters. The van der Waals surface area contributed by atoms with E-state index in [-0.39, 0.29) is 10.7 Å². The maximum absolute atomic E-state index is 10.8. The van der Waals surface area contributed by atoms with Gasteiger partial charge >= 0.3 is 5.97 Å². The molecule has 0 saturated heterocycles. The van der Waals surface area contributed by atoms with E-state index in [0.717, 1.165) is 12.2 Å². The molecular formula is C9H18O2S2. The van der Waals surface area contributed by atoms with Gasteiger partial charge in [0.2, 0.25) is 0 Å². The minimum absolute atomic E-state index is 0.189. The summed E-state index contributed by atoms with van der Waals surface area (Å²) in [5.41, 5.74) is 0.